The number of aliphatic hydroxyl groups excluding tert-OH is 1. The van der Waals surface area contributed by atoms with Crippen molar-refractivity contribution in [3.63, 3.8) is 0 Å². The fourth-order valence-corrected chi connectivity index (χ4v) is 15.9. The molecule has 3 amide bonds. The Morgan fingerprint density at radius 2 is 0.738 bits per heavy atom. The van der Waals surface area contributed by atoms with Crippen molar-refractivity contribution in [3.8, 4) is 0 Å². The third-order valence-electron chi connectivity index (χ3n) is 19.4. The van der Waals surface area contributed by atoms with Crippen LogP contribution in [0.15, 0.2) is 43.2 Å². The lowest BCUT2D eigenvalue weighted by Crippen LogP contribution is -2.44. The second-order valence-corrected chi connectivity index (χ2v) is 49.4. The van der Waals surface area contributed by atoms with Crippen molar-refractivity contribution in [1.82, 2.24) is 39.9 Å². The number of amides is 3. The normalized spacial score (nSPS) is 21.6. The first kappa shape index (κ1) is 92.0. The standard InChI is InChI=1S/C21H36BrN3O2Si.C16H24BrN3O4S.C16H28BrN3OSi.C15H22BrN3O2.C5H9ClO/c1-20(2,3)19(26)25-18-17(22)24-16(13-23-18)14-10-9-11-15(12-14)27-28(7,8)21(4,5)6;1-16(2,3)15(21)20-14-13(17)19-12(9-18-14)10-6-5-7-11(8-10)24-25(4,22)23;1-16(2,3)22(4,5)21-12-8-6-7-11(9-12)13-10-19-15(18)14(17)20-13;1-15(2,3)14(21)19-13-12(16)18-11(8-17-13)9-5-4-6-10(20)7-9;1-5(2,3)4(6)7/h13-15H,9-12H2,1-8H3,(H,23,25,26);9-11H,5-8H2,1-4H3,(H,18,20,21);10-12H,6-9H2,1-5H3,(H2,18,19);8-10,20H,4-7H2,1-3H3,(H,17,19,21);1-3H3/t14-,15+;10-,11+;11-,12+;9-,10+;/m1111./s1. The summed E-state index contributed by atoms with van der Waals surface area (Å²) in [6.07, 6.45) is 23.7. The van der Waals surface area contributed by atoms with E-state index in [1.54, 1.807) is 33.2 Å². The quantitative estimate of drug-likeness (QED) is 0.0472. The smallest absolute Gasteiger partial charge is 0.264 e. The molecule has 0 spiro atoms. The molecule has 0 unspecified atom stereocenters. The molecule has 0 aromatic carbocycles. The Morgan fingerprint density at radius 1 is 0.466 bits per heavy atom. The number of carbonyl (C=O) groups excluding carboxylic acids is 4. The number of hydrogen-bond acceptors (Lipinski definition) is 19. The highest BCUT2D eigenvalue weighted by molar-refractivity contribution is 9.11. The van der Waals surface area contributed by atoms with E-state index in [2.05, 4.69) is 182 Å². The third kappa shape index (κ3) is 30.6. The molecule has 4 aliphatic rings. The topological polar surface area (TPSA) is 316 Å². The number of rotatable bonds is 13. The minimum absolute atomic E-state index is 0.0734. The van der Waals surface area contributed by atoms with Gasteiger partial charge in [0.05, 0.1) is 66.0 Å². The summed E-state index contributed by atoms with van der Waals surface area (Å²) in [6, 6.07) is 0. The molecule has 4 saturated carbocycles. The van der Waals surface area contributed by atoms with Gasteiger partial charge in [0.1, 0.15) is 18.4 Å². The van der Waals surface area contributed by atoms with E-state index in [4.69, 9.17) is 35.4 Å². The van der Waals surface area contributed by atoms with Crippen LogP contribution in [0.2, 0.25) is 36.3 Å². The van der Waals surface area contributed by atoms with Gasteiger partial charge in [-0.15, -0.1) is 0 Å². The second kappa shape index (κ2) is 38.3. The number of nitrogen functional groups attached to an aromatic ring is 1. The van der Waals surface area contributed by atoms with Gasteiger partial charge < -0.3 is 35.6 Å². The Balaban J connectivity index is 0.000000283. The molecular weight excluding hydrogens is 1650 g/mol. The summed E-state index contributed by atoms with van der Waals surface area (Å²) in [5.41, 5.74) is 7.53. The van der Waals surface area contributed by atoms with Gasteiger partial charge in [-0.2, -0.15) is 8.42 Å². The first-order chi connectivity index (χ1) is 47.0. The second-order valence-electron chi connectivity index (χ2n) is 34.9. The predicted octanol–water partition coefficient (Wildman–Crippen LogP) is 19.4. The van der Waals surface area contributed by atoms with Crippen LogP contribution in [0.25, 0.3) is 0 Å². The van der Waals surface area contributed by atoms with Gasteiger partial charge in [0.15, 0.2) is 39.9 Å². The van der Waals surface area contributed by atoms with Gasteiger partial charge in [0, 0.05) is 57.5 Å². The summed E-state index contributed by atoms with van der Waals surface area (Å²) in [6.45, 7) is 45.0. The first-order valence-corrected chi connectivity index (χ1v) is 47.1. The van der Waals surface area contributed by atoms with E-state index in [0.29, 0.717) is 72.1 Å². The number of halogens is 5. The highest BCUT2D eigenvalue weighted by Crippen LogP contribution is 2.44. The van der Waals surface area contributed by atoms with Crippen LogP contribution in [0.1, 0.15) is 274 Å². The molecule has 30 heteroatoms. The summed E-state index contributed by atoms with van der Waals surface area (Å²) in [5.74, 6) is 2.53. The summed E-state index contributed by atoms with van der Waals surface area (Å²) in [4.78, 5) is 82.1. The van der Waals surface area contributed by atoms with E-state index in [0.717, 1.165) is 119 Å². The van der Waals surface area contributed by atoms with Crippen molar-refractivity contribution in [3.05, 3.63) is 66.0 Å². The molecule has 8 atom stereocenters. The molecule has 8 rings (SSSR count). The molecule has 4 aliphatic carbocycles. The van der Waals surface area contributed by atoms with Crippen molar-refractivity contribution in [1.29, 1.82) is 0 Å². The van der Waals surface area contributed by atoms with Gasteiger partial charge in [-0.05, 0) is 189 Å². The lowest BCUT2D eigenvalue weighted by molar-refractivity contribution is -0.123. The Bertz CT molecular complexity index is 3620. The van der Waals surface area contributed by atoms with Crippen molar-refractivity contribution in [2.24, 2.45) is 21.7 Å². The Hall–Kier alpha value is -3.37. The van der Waals surface area contributed by atoms with Crippen LogP contribution >= 0.6 is 75.3 Å². The number of nitrogens with two attached hydrogens (primary N) is 1. The van der Waals surface area contributed by atoms with E-state index in [-0.39, 0.29) is 62.5 Å². The van der Waals surface area contributed by atoms with E-state index < -0.39 is 43.0 Å². The van der Waals surface area contributed by atoms with Crippen molar-refractivity contribution in [2.75, 3.05) is 27.9 Å². The molecule has 0 saturated heterocycles. The van der Waals surface area contributed by atoms with Crippen LogP contribution in [0.4, 0.5) is 23.3 Å². The van der Waals surface area contributed by atoms with Crippen LogP contribution < -0.4 is 21.7 Å². The van der Waals surface area contributed by atoms with E-state index in [9.17, 15) is 32.7 Å². The predicted molar refractivity (Wildman–Crippen MR) is 433 cm³/mol. The van der Waals surface area contributed by atoms with Crippen LogP contribution in [0.3, 0.4) is 0 Å². The number of aliphatic hydroxyl groups is 1. The average Bonchev–Trinajstić information content (AvgIpc) is 0.820. The lowest BCUT2D eigenvalue weighted by Gasteiger charge is -2.41. The molecule has 4 aromatic heterocycles. The lowest BCUT2D eigenvalue weighted by atomic mass is 9.85. The highest BCUT2D eigenvalue weighted by atomic mass is 79.9. The van der Waals surface area contributed by atoms with Gasteiger partial charge in [-0.1, -0.05) is 150 Å². The maximum Gasteiger partial charge on any atom is 0.264 e. The fraction of sp³-hybridized carbons (Fsp3) is 0.726. The highest BCUT2D eigenvalue weighted by Gasteiger charge is 2.42. The monoisotopic (exact) mass is 1760 g/mol. The zero-order valence-corrected chi connectivity index (χ0v) is 75.2. The number of nitrogens with one attached hydrogen (secondary N) is 3. The van der Waals surface area contributed by atoms with Crippen LogP contribution in [-0.2, 0) is 42.3 Å². The summed E-state index contributed by atoms with van der Waals surface area (Å²) >= 11 is 18.7. The van der Waals surface area contributed by atoms with Crippen LogP contribution in [0, 0.1) is 21.7 Å². The van der Waals surface area contributed by atoms with Crippen LogP contribution in [-0.4, -0.2) is 124 Å². The number of hydrogen-bond donors (Lipinski definition) is 5. The maximum absolute atomic E-state index is 12.2. The number of nitrogens with zero attached hydrogens (tertiary/aromatic N) is 8. The molecular formula is C73H119Br4ClN12O10SSi2. The van der Waals surface area contributed by atoms with Crippen molar-refractivity contribution >= 4 is 148 Å². The summed E-state index contributed by atoms with van der Waals surface area (Å²) < 4.78 is 43.3. The van der Waals surface area contributed by atoms with Gasteiger partial charge in [-0.25, -0.2) is 39.9 Å². The molecule has 580 valence electrons. The number of anilines is 4. The summed E-state index contributed by atoms with van der Waals surface area (Å²) in [5, 5.41) is 18.3. The molecule has 6 N–H and O–H groups in total. The van der Waals surface area contributed by atoms with Gasteiger partial charge >= 0.3 is 0 Å². The minimum atomic E-state index is -3.46. The SMILES string of the molecule is CC(C)(C)C(=O)Cl.CC(C)(C)C(=O)Nc1ncc([C@@H]2CCC[C@H](O)C2)nc1Br.CC(C)(C)C(=O)Nc1ncc([C@@H]2CCC[C@H](OS(C)(=O)=O)C2)nc1Br.CC(C)(C)C(=O)Nc1ncc([C@@H]2CCC[C@H](O[Si](C)(C)C(C)(C)C)C2)nc1Br.CC(C)(C)[Si](C)(C)O[C@H]1CCC[C@@H](c2cnc(N)c(Br)n2)C1. The largest absolute Gasteiger partial charge is 0.414 e. The Kier molecular flexibility index (Phi) is 34.2. The Labute approximate surface area is 656 Å². The fourth-order valence-electron chi connectivity index (χ4n) is 10.9. The average molecular weight is 1770 g/mol. The zero-order valence-electron chi connectivity index (χ0n) is 65.3. The summed E-state index contributed by atoms with van der Waals surface area (Å²) in [7, 11) is -6.94. The first-order valence-electron chi connectivity index (χ1n) is 35.9. The maximum atomic E-state index is 12.2. The van der Waals surface area contributed by atoms with Crippen molar-refractivity contribution in [2.45, 2.75) is 312 Å². The molecule has 4 aromatic rings. The molecule has 4 heterocycles. The number of aromatic nitrogens is 8. The van der Waals surface area contributed by atoms with Gasteiger partial charge in [0.2, 0.25) is 23.0 Å². The number of carbonyl (C=O) groups is 4. The van der Waals surface area contributed by atoms with E-state index >= 15 is 0 Å². The molecule has 0 aliphatic heterocycles. The molecule has 0 bridgehead atoms. The minimum Gasteiger partial charge on any atom is -0.414 e. The van der Waals surface area contributed by atoms with Gasteiger partial charge in [-0.3, -0.25) is 23.4 Å². The molecule has 103 heavy (non-hydrogen) atoms. The molecule has 22 nitrogen and oxygen atoms in total. The van der Waals surface area contributed by atoms with E-state index in [1.807, 2.05) is 74.7 Å². The Morgan fingerprint density at radius 3 is 1.00 bits per heavy atom. The zero-order chi connectivity index (χ0) is 78.4. The van der Waals surface area contributed by atoms with Gasteiger partial charge in [0.25, 0.3) is 10.1 Å². The third-order valence-corrected chi connectivity index (χ3v) is 31.9. The van der Waals surface area contributed by atoms with Crippen molar-refractivity contribution < 1.29 is 45.7 Å². The van der Waals surface area contributed by atoms with Crippen LogP contribution in [0.5, 0.6) is 0 Å². The molecule has 0 radical (unpaired) electrons. The van der Waals surface area contributed by atoms with E-state index in [1.165, 1.54) is 6.42 Å². The molecule has 4 fully saturated rings.